The van der Waals surface area contributed by atoms with Gasteiger partial charge in [-0.1, -0.05) is 79.6 Å². The van der Waals surface area contributed by atoms with E-state index in [1.165, 1.54) is 35.4 Å². The van der Waals surface area contributed by atoms with E-state index in [1.807, 2.05) is 42.5 Å². The average molecular weight is 491 g/mol. The Bertz CT molecular complexity index is 1310. The number of thioether (sulfide) groups is 1. The number of rotatable bonds is 6. The third kappa shape index (κ3) is 4.79. The van der Waals surface area contributed by atoms with E-state index in [2.05, 4.69) is 5.32 Å². The number of pyridine rings is 1. The first-order valence-electron chi connectivity index (χ1n) is 11.7. The molecule has 5 rings (SSSR count). The molecule has 174 valence electrons. The van der Waals surface area contributed by atoms with E-state index in [0.29, 0.717) is 32.8 Å². The molecule has 0 unspecified atom stereocenters. The Hall–Kier alpha value is -2.97. The SMILES string of the molecule is O=C1/C(=C\c2c(NC3CCCCC3)nc3ccccn3c2=O)SC(=S)N1CCc1ccccc1. The Morgan fingerprint density at radius 2 is 1.82 bits per heavy atom. The molecule has 3 heterocycles. The third-order valence-corrected chi connectivity index (χ3v) is 7.71. The standard InChI is InChI=1S/C26H26N4O2S2/c31-24-20(17-21-25(32)30(26(33)34-21)16-14-18-9-3-1-4-10-18)23(27-19-11-5-2-6-12-19)28-22-13-7-8-15-29(22)24/h1,3-4,7-10,13,15,17,19,27H,2,5-6,11-12,14,16H2/b21-17+. The van der Waals surface area contributed by atoms with E-state index in [0.717, 1.165) is 24.8 Å². The van der Waals surface area contributed by atoms with Crippen molar-refractivity contribution in [1.29, 1.82) is 0 Å². The molecule has 1 saturated carbocycles. The molecule has 1 aliphatic heterocycles. The van der Waals surface area contributed by atoms with Gasteiger partial charge in [-0.25, -0.2) is 4.98 Å². The number of fused-ring (bicyclic) bond motifs is 1. The number of hydrogen-bond donors (Lipinski definition) is 1. The second-order valence-electron chi connectivity index (χ2n) is 8.66. The predicted octanol–water partition coefficient (Wildman–Crippen LogP) is 4.88. The summed E-state index contributed by atoms with van der Waals surface area (Å²) in [5, 5.41) is 3.50. The summed E-state index contributed by atoms with van der Waals surface area (Å²) < 4.78 is 2.04. The van der Waals surface area contributed by atoms with Crippen LogP contribution in [0.2, 0.25) is 0 Å². The summed E-state index contributed by atoms with van der Waals surface area (Å²) in [4.78, 5) is 33.5. The van der Waals surface area contributed by atoms with Crippen molar-refractivity contribution in [2.45, 2.75) is 44.6 Å². The average Bonchev–Trinajstić information content (AvgIpc) is 3.13. The van der Waals surface area contributed by atoms with Crippen LogP contribution in [0.15, 0.2) is 64.4 Å². The van der Waals surface area contributed by atoms with E-state index in [1.54, 1.807) is 23.2 Å². The van der Waals surface area contributed by atoms with E-state index in [-0.39, 0.29) is 17.5 Å². The Kier molecular flexibility index (Phi) is 6.78. The Labute approximate surface area is 208 Å². The second kappa shape index (κ2) is 10.1. The highest BCUT2D eigenvalue weighted by atomic mass is 32.2. The van der Waals surface area contributed by atoms with E-state index >= 15 is 0 Å². The quantitative estimate of drug-likeness (QED) is 0.392. The normalized spacial score (nSPS) is 18.2. The number of nitrogens with one attached hydrogen (secondary N) is 1. The number of nitrogens with zero attached hydrogens (tertiary/aromatic N) is 3. The molecule has 2 aromatic heterocycles. The lowest BCUT2D eigenvalue weighted by Crippen LogP contribution is -2.30. The van der Waals surface area contributed by atoms with Crippen LogP contribution in [-0.4, -0.2) is 37.1 Å². The number of aromatic nitrogens is 2. The van der Waals surface area contributed by atoms with Gasteiger partial charge in [0.15, 0.2) is 0 Å². The zero-order valence-corrected chi connectivity index (χ0v) is 20.4. The van der Waals surface area contributed by atoms with Crippen molar-refractivity contribution in [3.05, 3.63) is 81.1 Å². The summed E-state index contributed by atoms with van der Waals surface area (Å²) in [7, 11) is 0. The molecular weight excluding hydrogens is 464 g/mol. The van der Waals surface area contributed by atoms with Gasteiger partial charge in [-0.15, -0.1) is 0 Å². The van der Waals surface area contributed by atoms with E-state index in [9.17, 15) is 9.59 Å². The highest BCUT2D eigenvalue weighted by molar-refractivity contribution is 8.26. The van der Waals surface area contributed by atoms with Crippen LogP contribution in [0.1, 0.15) is 43.2 Å². The van der Waals surface area contributed by atoms with Crippen molar-refractivity contribution < 1.29 is 4.79 Å². The topological polar surface area (TPSA) is 66.7 Å². The zero-order chi connectivity index (χ0) is 23.5. The summed E-state index contributed by atoms with van der Waals surface area (Å²) in [5.41, 5.74) is 1.94. The lowest BCUT2D eigenvalue weighted by molar-refractivity contribution is -0.122. The van der Waals surface area contributed by atoms with Crippen LogP contribution in [0.3, 0.4) is 0 Å². The maximum absolute atomic E-state index is 13.4. The molecule has 1 saturated heterocycles. The Morgan fingerprint density at radius 3 is 2.62 bits per heavy atom. The molecule has 2 aliphatic rings. The lowest BCUT2D eigenvalue weighted by atomic mass is 9.95. The molecule has 2 fully saturated rings. The Balaban J connectivity index is 1.46. The number of thiocarbonyl (C=S) groups is 1. The first-order valence-corrected chi connectivity index (χ1v) is 12.9. The maximum atomic E-state index is 13.4. The fourth-order valence-corrected chi connectivity index (χ4v) is 5.78. The summed E-state index contributed by atoms with van der Waals surface area (Å²) >= 11 is 6.76. The van der Waals surface area contributed by atoms with Gasteiger partial charge in [0.1, 0.15) is 15.8 Å². The summed E-state index contributed by atoms with van der Waals surface area (Å²) in [6.45, 7) is 0.508. The molecular formula is C26H26N4O2S2. The number of carbonyl (C=O) groups excluding carboxylic acids is 1. The summed E-state index contributed by atoms with van der Waals surface area (Å²) in [6.07, 6.45) is 9.77. The van der Waals surface area contributed by atoms with Crippen LogP contribution in [0.4, 0.5) is 5.82 Å². The van der Waals surface area contributed by atoms with Crippen LogP contribution in [0.25, 0.3) is 11.7 Å². The minimum Gasteiger partial charge on any atom is -0.367 e. The summed E-state index contributed by atoms with van der Waals surface area (Å²) in [6, 6.07) is 15.8. The molecule has 0 radical (unpaired) electrons. The van der Waals surface area contributed by atoms with Gasteiger partial charge in [0.2, 0.25) is 0 Å². The van der Waals surface area contributed by atoms with Crippen LogP contribution in [0.5, 0.6) is 0 Å². The smallest absolute Gasteiger partial charge is 0.267 e. The number of amides is 1. The molecule has 8 heteroatoms. The maximum Gasteiger partial charge on any atom is 0.267 e. The molecule has 0 spiro atoms. The van der Waals surface area contributed by atoms with Gasteiger partial charge in [-0.3, -0.25) is 18.9 Å². The molecule has 3 aromatic rings. The van der Waals surface area contributed by atoms with Gasteiger partial charge >= 0.3 is 0 Å². The van der Waals surface area contributed by atoms with Crippen LogP contribution in [0, 0.1) is 0 Å². The van der Waals surface area contributed by atoms with Gasteiger partial charge < -0.3 is 5.32 Å². The highest BCUT2D eigenvalue weighted by Gasteiger charge is 2.32. The fourth-order valence-electron chi connectivity index (χ4n) is 4.49. The highest BCUT2D eigenvalue weighted by Crippen LogP contribution is 2.33. The van der Waals surface area contributed by atoms with E-state index in [4.69, 9.17) is 17.2 Å². The second-order valence-corrected chi connectivity index (χ2v) is 10.3. The van der Waals surface area contributed by atoms with Gasteiger partial charge in [0, 0.05) is 18.8 Å². The number of benzene rings is 1. The first kappa shape index (κ1) is 22.8. The van der Waals surface area contributed by atoms with Crippen LogP contribution < -0.4 is 10.9 Å². The van der Waals surface area contributed by atoms with Crippen molar-refractivity contribution in [3.8, 4) is 0 Å². The zero-order valence-electron chi connectivity index (χ0n) is 18.8. The van der Waals surface area contributed by atoms with Crippen molar-refractivity contribution in [2.24, 2.45) is 0 Å². The molecule has 1 N–H and O–H groups in total. The monoisotopic (exact) mass is 490 g/mol. The summed E-state index contributed by atoms with van der Waals surface area (Å²) in [5.74, 6) is 0.379. The van der Waals surface area contributed by atoms with Gasteiger partial charge in [-0.05, 0) is 43.0 Å². The molecule has 1 aromatic carbocycles. The van der Waals surface area contributed by atoms with Gasteiger partial charge in [-0.2, -0.15) is 0 Å². The lowest BCUT2D eigenvalue weighted by Gasteiger charge is -2.24. The minimum atomic E-state index is -0.196. The number of anilines is 1. The number of carbonyl (C=O) groups is 1. The molecule has 0 bridgehead atoms. The third-order valence-electron chi connectivity index (χ3n) is 6.33. The van der Waals surface area contributed by atoms with E-state index < -0.39 is 0 Å². The van der Waals surface area contributed by atoms with Crippen molar-refractivity contribution in [1.82, 2.24) is 14.3 Å². The minimum absolute atomic E-state index is 0.160. The van der Waals surface area contributed by atoms with Crippen molar-refractivity contribution in [3.63, 3.8) is 0 Å². The molecule has 1 amide bonds. The molecule has 34 heavy (non-hydrogen) atoms. The fraction of sp³-hybridized carbons (Fsp3) is 0.308. The van der Waals surface area contributed by atoms with Crippen molar-refractivity contribution >= 4 is 51.7 Å². The van der Waals surface area contributed by atoms with Crippen LogP contribution in [-0.2, 0) is 11.2 Å². The van der Waals surface area contributed by atoms with Crippen molar-refractivity contribution in [2.75, 3.05) is 11.9 Å². The Morgan fingerprint density at radius 1 is 1.06 bits per heavy atom. The largest absolute Gasteiger partial charge is 0.367 e. The number of hydrogen-bond acceptors (Lipinski definition) is 6. The van der Waals surface area contributed by atoms with Gasteiger partial charge in [0.05, 0.1) is 10.5 Å². The predicted molar refractivity (Wildman–Crippen MR) is 142 cm³/mol. The van der Waals surface area contributed by atoms with Crippen LogP contribution >= 0.6 is 24.0 Å². The molecule has 1 aliphatic carbocycles. The van der Waals surface area contributed by atoms with Gasteiger partial charge in [0.25, 0.3) is 11.5 Å². The first-order chi connectivity index (χ1) is 16.6. The molecule has 0 atom stereocenters. The molecule has 6 nitrogen and oxygen atoms in total.